The molecule has 0 saturated carbocycles. The SMILES string of the molecule is CC(C)[C@@H](CP(c1ccccc1)c1ccccc1)NC(=O)[C@@H](NC(=O)c1cc(C(F)(F)F)cc(C(F)(F)F)c1)[C@@H](C)O[Si](C)(C)C(C)(C)C. The van der Waals surface area contributed by atoms with Crippen LogP contribution in [0.15, 0.2) is 78.9 Å². The average molecular weight is 727 g/mol. The Morgan fingerprint density at radius 3 is 1.59 bits per heavy atom. The summed E-state index contributed by atoms with van der Waals surface area (Å²) in [5.41, 5.74) is -4.14. The van der Waals surface area contributed by atoms with Gasteiger partial charge in [-0.15, -0.1) is 0 Å². The molecule has 0 aromatic heterocycles. The standard InChI is InChI=1S/C36H45F6N2O3PSi/c1-23(2)30(22-48(28-15-11-9-12-16-28)29-17-13-10-14-18-29)43-33(46)31(24(3)47-49(7,8)34(4,5)6)44-32(45)25-19-26(35(37,38)39)21-27(20-25)36(40,41)42/h9-21,23-24,30-31H,22H2,1-8H3,(H,43,46)(H,44,45)/t24-,30-,31+/m1/s1. The molecule has 0 saturated heterocycles. The molecule has 3 rings (SSSR count). The molecule has 0 spiro atoms. The smallest absolute Gasteiger partial charge is 0.412 e. The second-order valence-electron chi connectivity index (χ2n) is 14.0. The molecule has 49 heavy (non-hydrogen) atoms. The maximum absolute atomic E-state index is 14.2. The first-order valence-corrected chi connectivity index (χ1v) is 20.4. The number of hydrogen-bond donors (Lipinski definition) is 2. The van der Waals surface area contributed by atoms with E-state index in [1.807, 2.05) is 108 Å². The zero-order valence-electron chi connectivity index (χ0n) is 29.0. The van der Waals surface area contributed by atoms with Crippen LogP contribution in [-0.4, -0.2) is 44.5 Å². The molecule has 3 aromatic carbocycles. The molecule has 0 aliphatic carbocycles. The van der Waals surface area contributed by atoms with Crippen LogP contribution in [0.3, 0.4) is 0 Å². The molecule has 5 nitrogen and oxygen atoms in total. The van der Waals surface area contributed by atoms with E-state index >= 15 is 0 Å². The zero-order chi connectivity index (χ0) is 36.9. The van der Waals surface area contributed by atoms with Crippen LogP contribution in [0, 0.1) is 5.92 Å². The van der Waals surface area contributed by atoms with Gasteiger partial charge in [-0.3, -0.25) is 9.59 Å². The predicted molar refractivity (Wildman–Crippen MR) is 186 cm³/mol. The average Bonchev–Trinajstić information content (AvgIpc) is 3.00. The van der Waals surface area contributed by atoms with Crippen LogP contribution >= 0.6 is 7.92 Å². The van der Waals surface area contributed by atoms with E-state index in [1.54, 1.807) is 6.92 Å². The van der Waals surface area contributed by atoms with Crippen molar-refractivity contribution in [2.75, 3.05) is 6.16 Å². The first-order chi connectivity index (χ1) is 22.5. The third-order valence-corrected chi connectivity index (χ3v) is 16.0. The van der Waals surface area contributed by atoms with E-state index < -0.39 is 75.3 Å². The van der Waals surface area contributed by atoms with Crippen LogP contribution in [0.4, 0.5) is 26.3 Å². The monoisotopic (exact) mass is 726 g/mol. The second-order valence-corrected chi connectivity index (χ2v) is 21.0. The summed E-state index contributed by atoms with van der Waals surface area (Å²) in [7, 11) is -3.52. The van der Waals surface area contributed by atoms with Gasteiger partial charge in [-0.1, -0.05) is 95.3 Å². The fraction of sp³-hybridized carbons (Fsp3) is 0.444. The molecular formula is C36H45F6N2O3PSi. The summed E-state index contributed by atoms with van der Waals surface area (Å²) >= 11 is 0. The Morgan fingerprint density at radius 2 is 1.20 bits per heavy atom. The summed E-state index contributed by atoms with van der Waals surface area (Å²) in [5.74, 6) is -2.00. The molecule has 2 N–H and O–H groups in total. The normalized spacial score (nSPS) is 14.8. The number of benzene rings is 3. The minimum Gasteiger partial charge on any atom is -0.412 e. The summed E-state index contributed by atoms with van der Waals surface area (Å²) in [4.78, 5) is 27.7. The van der Waals surface area contributed by atoms with Crippen molar-refractivity contribution in [2.45, 2.75) is 90.2 Å². The maximum atomic E-state index is 14.2. The summed E-state index contributed by atoms with van der Waals surface area (Å²) in [6, 6.07) is 18.5. The molecule has 0 aliphatic heterocycles. The van der Waals surface area contributed by atoms with Crippen molar-refractivity contribution in [2.24, 2.45) is 5.92 Å². The van der Waals surface area contributed by atoms with Gasteiger partial charge in [0.25, 0.3) is 5.91 Å². The molecule has 0 aliphatic rings. The van der Waals surface area contributed by atoms with Gasteiger partial charge < -0.3 is 15.1 Å². The van der Waals surface area contributed by atoms with Crippen LogP contribution in [0.25, 0.3) is 0 Å². The van der Waals surface area contributed by atoms with Crippen LogP contribution < -0.4 is 21.2 Å². The van der Waals surface area contributed by atoms with Gasteiger partial charge in [-0.05, 0) is 73.9 Å². The highest BCUT2D eigenvalue weighted by molar-refractivity contribution is 7.73. The van der Waals surface area contributed by atoms with Crippen molar-refractivity contribution in [3.8, 4) is 0 Å². The molecule has 3 atom stereocenters. The number of alkyl halides is 6. The molecule has 0 radical (unpaired) electrons. The predicted octanol–water partition coefficient (Wildman–Crippen LogP) is 8.51. The highest BCUT2D eigenvalue weighted by Gasteiger charge is 2.42. The highest BCUT2D eigenvalue weighted by Crippen LogP contribution is 2.39. The van der Waals surface area contributed by atoms with Gasteiger partial charge in [-0.25, -0.2) is 0 Å². The van der Waals surface area contributed by atoms with E-state index in [0.717, 1.165) is 10.6 Å². The molecule has 0 bridgehead atoms. The summed E-state index contributed by atoms with van der Waals surface area (Å²) in [6.45, 7) is 15.3. The van der Waals surface area contributed by atoms with Crippen LogP contribution in [0.2, 0.25) is 18.1 Å². The number of carbonyl (C=O) groups is 2. The van der Waals surface area contributed by atoms with Gasteiger partial charge in [0, 0.05) is 11.6 Å². The van der Waals surface area contributed by atoms with Crippen molar-refractivity contribution in [3.05, 3.63) is 95.6 Å². The lowest BCUT2D eigenvalue weighted by Gasteiger charge is -2.40. The van der Waals surface area contributed by atoms with Crippen molar-refractivity contribution in [1.82, 2.24) is 10.6 Å². The Hall–Kier alpha value is -3.21. The number of amides is 2. The van der Waals surface area contributed by atoms with Gasteiger partial charge in [0.05, 0.1) is 17.2 Å². The largest absolute Gasteiger partial charge is 0.416 e. The summed E-state index contributed by atoms with van der Waals surface area (Å²) in [6.07, 6.45) is -10.7. The zero-order valence-corrected chi connectivity index (χ0v) is 30.9. The minimum absolute atomic E-state index is 0.0465. The molecule has 13 heteroatoms. The first-order valence-electron chi connectivity index (χ1n) is 16.0. The van der Waals surface area contributed by atoms with Gasteiger partial charge >= 0.3 is 12.4 Å². The Kier molecular flexibility index (Phi) is 12.9. The summed E-state index contributed by atoms with van der Waals surface area (Å²) in [5, 5.41) is 7.37. The van der Waals surface area contributed by atoms with Crippen molar-refractivity contribution in [3.63, 3.8) is 0 Å². The van der Waals surface area contributed by atoms with E-state index in [4.69, 9.17) is 4.43 Å². The molecule has 3 aromatic rings. The first kappa shape index (κ1) is 40.2. The fourth-order valence-corrected chi connectivity index (χ4v) is 8.99. The number of nitrogens with one attached hydrogen (secondary N) is 2. The number of halogens is 6. The fourth-order valence-electron chi connectivity index (χ4n) is 4.88. The van der Waals surface area contributed by atoms with Gasteiger partial charge in [0.2, 0.25) is 5.91 Å². The number of carbonyl (C=O) groups excluding carboxylic acids is 2. The highest BCUT2D eigenvalue weighted by atomic mass is 31.1. The summed E-state index contributed by atoms with van der Waals surface area (Å²) < 4.78 is 88.1. The van der Waals surface area contributed by atoms with Crippen molar-refractivity contribution < 1.29 is 40.4 Å². The lowest BCUT2D eigenvalue weighted by atomic mass is 10.0. The quantitative estimate of drug-likeness (QED) is 0.112. The third-order valence-electron chi connectivity index (χ3n) is 8.82. The topological polar surface area (TPSA) is 67.4 Å². The Morgan fingerprint density at radius 1 is 0.755 bits per heavy atom. The van der Waals surface area contributed by atoms with E-state index in [2.05, 4.69) is 10.6 Å². The molecule has 0 fully saturated rings. The molecule has 2 amide bonds. The van der Waals surface area contributed by atoms with Crippen LogP contribution in [-0.2, 0) is 21.6 Å². The van der Waals surface area contributed by atoms with Crippen LogP contribution in [0.1, 0.15) is 63.0 Å². The van der Waals surface area contributed by atoms with E-state index in [1.165, 1.54) is 0 Å². The second kappa shape index (κ2) is 15.8. The number of rotatable bonds is 12. The number of hydrogen-bond acceptors (Lipinski definition) is 3. The Bertz CT molecular complexity index is 1490. The molecule has 0 heterocycles. The minimum atomic E-state index is -5.15. The van der Waals surface area contributed by atoms with Gasteiger partial charge in [0.1, 0.15) is 6.04 Å². The van der Waals surface area contributed by atoms with Crippen LogP contribution in [0.5, 0.6) is 0 Å². The van der Waals surface area contributed by atoms with Crippen molar-refractivity contribution in [1.29, 1.82) is 0 Å². The van der Waals surface area contributed by atoms with Gasteiger partial charge in [-0.2, -0.15) is 26.3 Å². The molecule has 268 valence electrons. The third kappa shape index (κ3) is 10.9. The van der Waals surface area contributed by atoms with E-state index in [9.17, 15) is 35.9 Å². The Labute approximate surface area is 287 Å². The van der Waals surface area contributed by atoms with E-state index in [-0.39, 0.29) is 17.0 Å². The van der Waals surface area contributed by atoms with Gasteiger partial charge in [0.15, 0.2) is 8.32 Å². The molecule has 0 unspecified atom stereocenters. The maximum Gasteiger partial charge on any atom is 0.416 e. The Balaban J connectivity index is 2.02. The van der Waals surface area contributed by atoms with E-state index in [0.29, 0.717) is 18.3 Å². The molecular weight excluding hydrogens is 681 g/mol. The van der Waals surface area contributed by atoms with Crippen molar-refractivity contribution >= 4 is 38.7 Å². The lowest BCUT2D eigenvalue weighted by Crippen LogP contribution is -2.58. The lowest BCUT2D eigenvalue weighted by molar-refractivity contribution is -0.143.